The standard InChI is InChI=1S/C11H10ClIN4O/c1-2-14-10-15-9(12)16-11(17-10)18-8-5-3-4-7(13)6-8/h3-6H,2H2,1H3,(H,14,15,16,17). The summed E-state index contributed by atoms with van der Waals surface area (Å²) in [5.41, 5.74) is 0. The summed E-state index contributed by atoms with van der Waals surface area (Å²) >= 11 is 8.00. The van der Waals surface area contributed by atoms with Crippen molar-refractivity contribution in [2.75, 3.05) is 11.9 Å². The minimum atomic E-state index is 0.0987. The molecule has 0 saturated carbocycles. The zero-order valence-corrected chi connectivity index (χ0v) is 12.4. The molecule has 0 atom stereocenters. The Kier molecular flexibility index (Phi) is 4.54. The third-order valence-corrected chi connectivity index (χ3v) is 2.77. The van der Waals surface area contributed by atoms with Gasteiger partial charge in [-0.25, -0.2) is 0 Å². The van der Waals surface area contributed by atoms with E-state index in [4.69, 9.17) is 16.3 Å². The number of nitrogens with zero attached hydrogens (tertiary/aromatic N) is 3. The summed E-state index contributed by atoms with van der Waals surface area (Å²) in [7, 11) is 0. The average molecular weight is 377 g/mol. The molecule has 7 heteroatoms. The molecule has 0 amide bonds. The fraction of sp³-hybridized carbons (Fsp3) is 0.182. The van der Waals surface area contributed by atoms with Gasteiger partial charge in [-0.3, -0.25) is 0 Å². The third-order valence-electron chi connectivity index (χ3n) is 1.93. The highest BCUT2D eigenvalue weighted by Crippen LogP contribution is 2.21. The van der Waals surface area contributed by atoms with Crippen LogP contribution < -0.4 is 10.1 Å². The van der Waals surface area contributed by atoms with Crippen LogP contribution in [0.5, 0.6) is 11.8 Å². The van der Waals surface area contributed by atoms with Gasteiger partial charge in [0.2, 0.25) is 11.2 Å². The quantitative estimate of drug-likeness (QED) is 0.829. The van der Waals surface area contributed by atoms with E-state index in [0.29, 0.717) is 18.2 Å². The highest BCUT2D eigenvalue weighted by atomic mass is 127. The Morgan fingerprint density at radius 3 is 2.89 bits per heavy atom. The first-order valence-corrected chi connectivity index (χ1v) is 6.72. The number of hydrogen-bond donors (Lipinski definition) is 1. The first kappa shape index (κ1) is 13.3. The maximum Gasteiger partial charge on any atom is 0.328 e. The van der Waals surface area contributed by atoms with Crippen LogP contribution in [0.2, 0.25) is 5.28 Å². The van der Waals surface area contributed by atoms with Crippen molar-refractivity contribution in [2.45, 2.75) is 6.92 Å². The fourth-order valence-corrected chi connectivity index (χ4v) is 1.92. The molecular formula is C11H10ClIN4O. The molecule has 0 spiro atoms. The Morgan fingerprint density at radius 2 is 2.17 bits per heavy atom. The van der Waals surface area contributed by atoms with Crippen LogP contribution in [0.25, 0.3) is 0 Å². The molecule has 0 aliphatic rings. The Bertz CT molecular complexity index is 552. The van der Waals surface area contributed by atoms with Gasteiger partial charge in [-0.15, -0.1) is 0 Å². The SMILES string of the molecule is CCNc1nc(Cl)nc(Oc2cccc(I)c2)n1. The second-order valence-corrected chi connectivity index (χ2v) is 4.88. The van der Waals surface area contributed by atoms with E-state index in [-0.39, 0.29) is 11.3 Å². The zero-order chi connectivity index (χ0) is 13.0. The molecule has 0 radical (unpaired) electrons. The molecule has 0 aliphatic carbocycles. The largest absolute Gasteiger partial charge is 0.424 e. The Labute approximate surface area is 123 Å². The predicted octanol–water partition coefficient (Wildman–Crippen LogP) is 3.35. The number of ether oxygens (including phenoxy) is 1. The van der Waals surface area contributed by atoms with Crippen LogP contribution in [0, 0.1) is 3.57 Å². The van der Waals surface area contributed by atoms with Gasteiger partial charge in [-0.1, -0.05) is 6.07 Å². The molecule has 18 heavy (non-hydrogen) atoms. The van der Waals surface area contributed by atoms with Gasteiger partial charge in [0.15, 0.2) is 0 Å². The lowest BCUT2D eigenvalue weighted by Crippen LogP contribution is -2.04. The van der Waals surface area contributed by atoms with Gasteiger partial charge in [0.1, 0.15) is 5.75 Å². The van der Waals surface area contributed by atoms with E-state index in [1.165, 1.54) is 0 Å². The van der Waals surface area contributed by atoms with Crippen molar-refractivity contribution in [2.24, 2.45) is 0 Å². The average Bonchev–Trinajstić information content (AvgIpc) is 2.28. The number of halogens is 2. The summed E-state index contributed by atoms with van der Waals surface area (Å²) in [5, 5.41) is 3.06. The van der Waals surface area contributed by atoms with E-state index in [1.54, 1.807) is 0 Å². The molecule has 5 nitrogen and oxygen atoms in total. The smallest absolute Gasteiger partial charge is 0.328 e. The Morgan fingerprint density at radius 1 is 1.33 bits per heavy atom. The summed E-state index contributed by atoms with van der Waals surface area (Å²) < 4.78 is 6.60. The molecule has 2 rings (SSSR count). The van der Waals surface area contributed by atoms with Crippen molar-refractivity contribution in [1.82, 2.24) is 15.0 Å². The van der Waals surface area contributed by atoms with Crippen molar-refractivity contribution in [3.05, 3.63) is 33.1 Å². The highest BCUT2D eigenvalue weighted by Gasteiger charge is 2.06. The molecular weight excluding hydrogens is 367 g/mol. The summed E-state index contributed by atoms with van der Waals surface area (Å²) in [6.07, 6.45) is 0. The second-order valence-electron chi connectivity index (χ2n) is 3.30. The second kappa shape index (κ2) is 6.14. The van der Waals surface area contributed by atoms with Crippen LogP contribution in [0.15, 0.2) is 24.3 Å². The van der Waals surface area contributed by atoms with Crippen LogP contribution in [-0.2, 0) is 0 Å². The highest BCUT2D eigenvalue weighted by molar-refractivity contribution is 14.1. The topological polar surface area (TPSA) is 59.9 Å². The van der Waals surface area contributed by atoms with E-state index in [1.807, 2.05) is 31.2 Å². The van der Waals surface area contributed by atoms with Gasteiger partial charge in [0.05, 0.1) is 0 Å². The lowest BCUT2D eigenvalue weighted by molar-refractivity contribution is 0.440. The van der Waals surface area contributed by atoms with Gasteiger partial charge in [-0.2, -0.15) is 15.0 Å². The van der Waals surface area contributed by atoms with Crippen molar-refractivity contribution in [3.63, 3.8) is 0 Å². The lowest BCUT2D eigenvalue weighted by atomic mass is 10.3. The van der Waals surface area contributed by atoms with Crippen LogP contribution in [0.3, 0.4) is 0 Å². The molecule has 1 heterocycles. The van der Waals surface area contributed by atoms with Gasteiger partial charge in [0.25, 0.3) is 0 Å². The molecule has 0 saturated heterocycles. The minimum Gasteiger partial charge on any atom is -0.424 e. The molecule has 0 fully saturated rings. The number of aromatic nitrogens is 3. The summed E-state index contributed by atoms with van der Waals surface area (Å²) in [4.78, 5) is 12.0. The van der Waals surface area contributed by atoms with Crippen LogP contribution in [-0.4, -0.2) is 21.5 Å². The van der Waals surface area contributed by atoms with Gasteiger partial charge >= 0.3 is 6.01 Å². The number of hydrogen-bond acceptors (Lipinski definition) is 5. The molecule has 1 aromatic carbocycles. The van der Waals surface area contributed by atoms with E-state index < -0.39 is 0 Å². The van der Waals surface area contributed by atoms with Crippen molar-refractivity contribution >= 4 is 40.1 Å². The van der Waals surface area contributed by atoms with Crippen LogP contribution >= 0.6 is 34.2 Å². The van der Waals surface area contributed by atoms with Gasteiger partial charge in [0, 0.05) is 10.1 Å². The predicted molar refractivity (Wildman–Crippen MR) is 78.2 cm³/mol. The number of nitrogens with one attached hydrogen (secondary N) is 1. The normalized spacial score (nSPS) is 10.2. The van der Waals surface area contributed by atoms with E-state index >= 15 is 0 Å². The maximum absolute atomic E-state index is 5.80. The summed E-state index contributed by atoms with van der Waals surface area (Å²) in [5.74, 6) is 1.06. The zero-order valence-electron chi connectivity index (χ0n) is 9.52. The summed E-state index contributed by atoms with van der Waals surface area (Å²) in [6, 6.07) is 7.74. The number of anilines is 1. The molecule has 1 aromatic heterocycles. The lowest BCUT2D eigenvalue weighted by Gasteiger charge is -2.06. The fourth-order valence-electron chi connectivity index (χ4n) is 1.25. The van der Waals surface area contributed by atoms with E-state index in [2.05, 4.69) is 42.9 Å². The van der Waals surface area contributed by atoms with Gasteiger partial charge in [-0.05, 0) is 59.3 Å². The first-order valence-electron chi connectivity index (χ1n) is 5.26. The summed E-state index contributed by atoms with van der Waals surface area (Å²) in [6.45, 7) is 2.64. The molecule has 0 aliphatic heterocycles. The number of benzene rings is 1. The van der Waals surface area contributed by atoms with Crippen LogP contribution in [0.1, 0.15) is 6.92 Å². The number of rotatable bonds is 4. The molecule has 94 valence electrons. The monoisotopic (exact) mass is 376 g/mol. The Balaban J connectivity index is 2.23. The van der Waals surface area contributed by atoms with Crippen LogP contribution in [0.4, 0.5) is 5.95 Å². The van der Waals surface area contributed by atoms with Crippen molar-refractivity contribution in [3.8, 4) is 11.8 Å². The molecule has 2 aromatic rings. The third kappa shape index (κ3) is 3.67. The first-order chi connectivity index (χ1) is 8.67. The van der Waals surface area contributed by atoms with Crippen molar-refractivity contribution in [1.29, 1.82) is 0 Å². The minimum absolute atomic E-state index is 0.0987. The van der Waals surface area contributed by atoms with Crippen molar-refractivity contribution < 1.29 is 4.74 Å². The molecule has 0 bridgehead atoms. The maximum atomic E-state index is 5.80. The van der Waals surface area contributed by atoms with E-state index in [0.717, 1.165) is 3.57 Å². The Hall–Kier alpha value is -1.15. The molecule has 1 N–H and O–H groups in total. The van der Waals surface area contributed by atoms with E-state index in [9.17, 15) is 0 Å². The molecule has 0 unspecified atom stereocenters. The van der Waals surface area contributed by atoms with Gasteiger partial charge < -0.3 is 10.1 Å².